The zero-order valence-electron chi connectivity index (χ0n) is 15.4. The number of hydrogen-bond acceptors (Lipinski definition) is 3. The van der Waals surface area contributed by atoms with Crippen LogP contribution < -0.4 is 0 Å². The van der Waals surface area contributed by atoms with Crippen LogP contribution in [0.5, 0.6) is 0 Å². The number of ether oxygens (including phenoxy) is 1. The van der Waals surface area contributed by atoms with Crippen LogP contribution in [0.4, 0.5) is 74.6 Å². The number of alkyl halides is 17. The molecule has 0 aliphatic heterocycles. The predicted molar refractivity (Wildman–Crippen MR) is 72.7 cm³/mol. The van der Waals surface area contributed by atoms with E-state index in [9.17, 15) is 79.4 Å². The van der Waals surface area contributed by atoms with Crippen molar-refractivity contribution in [1.82, 2.24) is 0 Å². The number of carbonyl (C=O) groups is 1. The van der Waals surface area contributed by atoms with Crippen LogP contribution in [-0.2, 0) is 9.53 Å². The van der Waals surface area contributed by atoms with Gasteiger partial charge in [0.05, 0.1) is 0 Å². The molecule has 0 amide bonds. The van der Waals surface area contributed by atoms with Crippen LogP contribution in [0.1, 0.15) is 0 Å². The minimum absolute atomic E-state index is 0.214. The molecule has 0 rings (SSSR count). The molecule has 34 heavy (non-hydrogen) atoms. The third-order valence-corrected chi connectivity index (χ3v) is 3.90. The van der Waals surface area contributed by atoms with E-state index in [1.165, 1.54) is 0 Å². The van der Waals surface area contributed by atoms with Gasteiger partial charge in [0.25, 0.3) is 6.43 Å². The van der Waals surface area contributed by atoms with Crippen molar-refractivity contribution in [2.75, 3.05) is 0 Å². The molecule has 0 saturated heterocycles. The normalized spacial score (nSPS) is 19.7. The van der Waals surface area contributed by atoms with Crippen molar-refractivity contribution in [1.29, 1.82) is 0 Å². The summed E-state index contributed by atoms with van der Waals surface area (Å²) in [5, 5.41) is 8.54. The summed E-state index contributed by atoms with van der Waals surface area (Å²) in [6.07, 6.45) is -25.8. The first-order valence-electron chi connectivity index (χ1n) is 7.78. The van der Waals surface area contributed by atoms with Gasteiger partial charge >= 0.3 is 47.8 Å². The van der Waals surface area contributed by atoms with Crippen molar-refractivity contribution in [3.8, 4) is 0 Å². The van der Waals surface area contributed by atoms with E-state index < -0.39 is 72.7 Å². The van der Waals surface area contributed by atoms with Crippen molar-refractivity contribution < 1.29 is 89.3 Å². The average Bonchev–Trinajstić information content (AvgIpc) is 2.70. The van der Waals surface area contributed by atoms with Crippen LogP contribution in [0, 0.1) is 0 Å². The van der Waals surface area contributed by atoms with E-state index in [4.69, 9.17) is 5.11 Å². The minimum Gasteiger partial charge on any atom is -0.421 e. The highest BCUT2D eigenvalue weighted by molar-refractivity contribution is 5.81. The van der Waals surface area contributed by atoms with Gasteiger partial charge in [-0.25, -0.2) is 26.7 Å². The summed E-state index contributed by atoms with van der Waals surface area (Å²) in [6, 6.07) is 0. The average molecular weight is 548 g/mol. The molecule has 202 valence electrons. The van der Waals surface area contributed by atoms with E-state index in [0.717, 1.165) is 0 Å². The minimum atomic E-state index is -8.48. The third-order valence-electron chi connectivity index (χ3n) is 3.90. The molecule has 0 bridgehead atoms. The Morgan fingerprint density at radius 2 is 1.09 bits per heavy atom. The van der Waals surface area contributed by atoms with Crippen LogP contribution in [0.25, 0.3) is 0 Å². The number of esters is 1. The topological polar surface area (TPSA) is 46.5 Å². The Kier molecular flexibility index (Phi) is 8.99. The highest BCUT2D eigenvalue weighted by atomic mass is 19.4. The number of halogens is 17. The van der Waals surface area contributed by atoms with Crippen molar-refractivity contribution in [3.63, 3.8) is 0 Å². The fourth-order valence-corrected chi connectivity index (χ4v) is 1.87. The van der Waals surface area contributed by atoms with Gasteiger partial charge in [-0.3, -0.25) is 0 Å². The van der Waals surface area contributed by atoms with Gasteiger partial charge in [0.1, 0.15) is 0 Å². The van der Waals surface area contributed by atoms with Crippen LogP contribution in [-0.4, -0.2) is 77.8 Å². The summed E-state index contributed by atoms with van der Waals surface area (Å²) in [6.45, 7) is 2.44. The maximum Gasteiger partial charge on any atom is 0.384 e. The highest BCUT2D eigenvalue weighted by Crippen LogP contribution is 2.61. The lowest BCUT2D eigenvalue weighted by atomic mass is 9.88. The molecule has 0 radical (unpaired) electrons. The Bertz CT molecular complexity index is 737. The molecule has 0 aliphatic carbocycles. The quantitative estimate of drug-likeness (QED) is 0.209. The summed E-state index contributed by atoms with van der Waals surface area (Å²) >= 11 is 0. The van der Waals surface area contributed by atoms with Gasteiger partial charge in [-0.05, 0) is 0 Å². The summed E-state index contributed by atoms with van der Waals surface area (Å²) in [5.41, 5.74) is 0. The molecular weight excluding hydrogens is 539 g/mol. The highest BCUT2D eigenvalue weighted by Gasteiger charge is 2.91. The lowest BCUT2D eigenvalue weighted by molar-refractivity contribution is -0.448. The summed E-state index contributed by atoms with van der Waals surface area (Å²) in [5.74, 6) is -50.0. The van der Waals surface area contributed by atoms with Crippen molar-refractivity contribution >= 4 is 5.97 Å². The second kappa shape index (κ2) is 9.56. The summed E-state index contributed by atoms with van der Waals surface area (Å²) in [7, 11) is 0. The molecule has 0 fully saturated rings. The van der Waals surface area contributed by atoms with E-state index in [1.54, 1.807) is 0 Å². The van der Waals surface area contributed by atoms with Crippen LogP contribution >= 0.6 is 0 Å². The maximum atomic E-state index is 13.6. The van der Waals surface area contributed by atoms with Gasteiger partial charge in [-0.1, -0.05) is 6.58 Å². The molecule has 1 N–H and O–H groups in total. The fourth-order valence-electron chi connectivity index (χ4n) is 1.87. The Morgan fingerprint density at radius 1 is 0.706 bits per heavy atom. The SMILES string of the molecule is C=CC(=O)OC(F)C(O)(F)C(F)(F)C(F)(F)C(F)(F)C(F)(F)C(F)(F)C(F)C(F)C(F)C(F)F. The monoisotopic (exact) mass is 548 g/mol. The largest absolute Gasteiger partial charge is 0.421 e. The molecule has 5 unspecified atom stereocenters. The number of rotatable bonds is 12. The molecular formula is C14H9F17O3. The zero-order valence-corrected chi connectivity index (χ0v) is 15.4. The van der Waals surface area contributed by atoms with Gasteiger partial charge in [0, 0.05) is 6.08 Å². The standard InChI is InChI=1S/C14H9F17O3/c1-2-3(32)34-8(20)10(23,33)12(26,27)14(30,31)13(28,29)11(24,25)9(21,22)6(17)4(15)5(16)7(18)19/h2,4-8,33H,1H2. The van der Waals surface area contributed by atoms with Crippen LogP contribution in [0.2, 0.25) is 0 Å². The Balaban J connectivity index is 6.53. The number of carbonyl (C=O) groups excluding carboxylic acids is 1. The summed E-state index contributed by atoms with van der Waals surface area (Å²) < 4.78 is 228. The van der Waals surface area contributed by atoms with Crippen LogP contribution in [0.3, 0.4) is 0 Å². The Hall–Kier alpha value is -2.02. The number of hydrogen-bond donors (Lipinski definition) is 1. The second-order valence-electron chi connectivity index (χ2n) is 6.18. The molecule has 0 aromatic carbocycles. The molecule has 0 spiro atoms. The summed E-state index contributed by atoms with van der Waals surface area (Å²) in [4.78, 5) is 10.6. The van der Waals surface area contributed by atoms with Crippen molar-refractivity contribution in [2.45, 2.75) is 66.8 Å². The molecule has 0 heterocycles. The lowest BCUT2D eigenvalue weighted by Crippen LogP contribution is -2.74. The molecule has 5 atom stereocenters. The Morgan fingerprint density at radius 3 is 1.44 bits per heavy atom. The zero-order chi connectivity index (χ0) is 27.9. The predicted octanol–water partition coefficient (Wildman–Crippen LogP) is 5.13. The third kappa shape index (κ3) is 4.73. The smallest absolute Gasteiger partial charge is 0.384 e. The molecule has 0 aromatic heterocycles. The van der Waals surface area contributed by atoms with E-state index in [1.807, 2.05) is 0 Å². The molecule has 0 aromatic rings. The lowest BCUT2D eigenvalue weighted by Gasteiger charge is -2.42. The van der Waals surface area contributed by atoms with Crippen molar-refractivity contribution in [2.24, 2.45) is 0 Å². The number of aliphatic hydroxyl groups is 1. The molecule has 3 nitrogen and oxygen atoms in total. The molecule has 0 aliphatic rings. The van der Waals surface area contributed by atoms with E-state index >= 15 is 0 Å². The van der Waals surface area contributed by atoms with Gasteiger partial charge in [-0.2, -0.15) is 52.7 Å². The van der Waals surface area contributed by atoms with Gasteiger partial charge in [0.2, 0.25) is 6.17 Å². The van der Waals surface area contributed by atoms with E-state index in [2.05, 4.69) is 11.3 Å². The van der Waals surface area contributed by atoms with Gasteiger partial charge in [0.15, 0.2) is 12.3 Å². The first-order valence-corrected chi connectivity index (χ1v) is 7.78. The first-order chi connectivity index (χ1) is 14.8. The van der Waals surface area contributed by atoms with E-state index in [-0.39, 0.29) is 6.08 Å². The second-order valence-corrected chi connectivity index (χ2v) is 6.18. The molecule has 20 heteroatoms. The first kappa shape index (κ1) is 32.0. The van der Waals surface area contributed by atoms with Gasteiger partial charge in [-0.15, -0.1) is 0 Å². The Labute approximate surface area is 176 Å². The van der Waals surface area contributed by atoms with Crippen molar-refractivity contribution in [3.05, 3.63) is 12.7 Å². The maximum absolute atomic E-state index is 13.6. The molecule has 0 saturated carbocycles. The van der Waals surface area contributed by atoms with Crippen LogP contribution in [0.15, 0.2) is 12.7 Å². The fraction of sp³-hybridized carbons (Fsp3) is 0.786. The van der Waals surface area contributed by atoms with Gasteiger partial charge < -0.3 is 9.84 Å². The van der Waals surface area contributed by atoms with E-state index in [0.29, 0.717) is 0 Å².